The van der Waals surface area contributed by atoms with Crippen LogP contribution in [0.1, 0.15) is 17.3 Å². The quantitative estimate of drug-likeness (QED) is 0.821. The summed E-state index contributed by atoms with van der Waals surface area (Å²) in [6, 6.07) is 4.40. The Morgan fingerprint density at radius 3 is 2.75 bits per heavy atom. The molecule has 1 heterocycles. The van der Waals surface area contributed by atoms with Crippen molar-refractivity contribution in [3.8, 4) is 0 Å². The number of benzene rings is 1. The molecule has 0 unspecified atom stereocenters. The first kappa shape index (κ1) is 15.4. The zero-order chi connectivity index (χ0) is 14.9. The van der Waals surface area contributed by atoms with Gasteiger partial charge in [0.25, 0.3) is 0 Å². The van der Waals surface area contributed by atoms with E-state index < -0.39 is 15.9 Å². The van der Waals surface area contributed by atoms with Gasteiger partial charge in [-0.1, -0.05) is 15.9 Å². The van der Waals surface area contributed by atoms with Gasteiger partial charge in [-0.3, -0.25) is 4.79 Å². The minimum absolute atomic E-state index is 0.0785. The Labute approximate surface area is 126 Å². The maximum absolute atomic E-state index is 12.6. The molecule has 110 valence electrons. The van der Waals surface area contributed by atoms with Gasteiger partial charge in [0, 0.05) is 35.7 Å². The van der Waals surface area contributed by atoms with E-state index in [1.54, 1.807) is 0 Å². The number of primary amides is 1. The van der Waals surface area contributed by atoms with Crippen LogP contribution in [0.4, 0.5) is 0 Å². The molecule has 6 nitrogen and oxygen atoms in total. The van der Waals surface area contributed by atoms with Gasteiger partial charge in [0.15, 0.2) is 0 Å². The maximum Gasteiger partial charge on any atom is 0.248 e. The van der Waals surface area contributed by atoms with Crippen LogP contribution in [0.15, 0.2) is 27.6 Å². The number of sulfonamides is 1. The lowest BCUT2D eigenvalue weighted by atomic mass is 10.2. The van der Waals surface area contributed by atoms with Crippen LogP contribution in [-0.4, -0.2) is 44.3 Å². The predicted octanol–water partition coefficient (Wildman–Crippen LogP) is 0.530. The maximum atomic E-state index is 12.6. The summed E-state index contributed by atoms with van der Waals surface area (Å²) in [6.45, 7) is 3.35. The third-order valence-corrected chi connectivity index (χ3v) is 5.43. The van der Waals surface area contributed by atoms with Crippen molar-refractivity contribution in [1.82, 2.24) is 9.62 Å². The number of hydrogen-bond acceptors (Lipinski definition) is 4. The van der Waals surface area contributed by atoms with E-state index >= 15 is 0 Å². The van der Waals surface area contributed by atoms with Crippen molar-refractivity contribution < 1.29 is 13.2 Å². The van der Waals surface area contributed by atoms with Crippen molar-refractivity contribution in [2.24, 2.45) is 5.73 Å². The zero-order valence-electron chi connectivity index (χ0n) is 11.0. The topological polar surface area (TPSA) is 92.5 Å². The van der Waals surface area contributed by atoms with Crippen molar-refractivity contribution in [1.29, 1.82) is 0 Å². The van der Waals surface area contributed by atoms with Gasteiger partial charge in [-0.25, -0.2) is 8.42 Å². The molecule has 0 bridgehead atoms. The Hall–Kier alpha value is -0.960. The van der Waals surface area contributed by atoms with Crippen molar-refractivity contribution in [2.75, 3.05) is 19.6 Å². The highest BCUT2D eigenvalue weighted by atomic mass is 79.9. The third kappa shape index (κ3) is 3.20. The summed E-state index contributed by atoms with van der Waals surface area (Å²) >= 11 is 3.21. The number of rotatable bonds is 3. The first-order valence-corrected chi connectivity index (χ1v) is 8.38. The van der Waals surface area contributed by atoms with Crippen LogP contribution in [0.3, 0.4) is 0 Å². The molecule has 1 aromatic rings. The summed E-state index contributed by atoms with van der Waals surface area (Å²) in [5.41, 5.74) is 5.38. The molecule has 1 aliphatic heterocycles. The molecule has 1 aliphatic rings. The number of carbonyl (C=O) groups excluding carboxylic acids is 1. The van der Waals surface area contributed by atoms with Crippen LogP contribution < -0.4 is 11.1 Å². The van der Waals surface area contributed by atoms with E-state index in [-0.39, 0.29) is 16.5 Å². The van der Waals surface area contributed by atoms with E-state index in [2.05, 4.69) is 21.2 Å². The number of nitrogens with one attached hydrogen (secondary N) is 1. The molecule has 1 aromatic carbocycles. The number of halogens is 1. The summed E-state index contributed by atoms with van der Waals surface area (Å²) in [7, 11) is -3.62. The first-order chi connectivity index (χ1) is 9.30. The number of amides is 1. The second-order valence-electron chi connectivity index (χ2n) is 4.76. The lowest BCUT2D eigenvalue weighted by Crippen LogP contribution is -2.51. The molecule has 0 saturated carbocycles. The van der Waals surface area contributed by atoms with Crippen molar-refractivity contribution in [3.05, 3.63) is 28.2 Å². The van der Waals surface area contributed by atoms with E-state index in [9.17, 15) is 13.2 Å². The minimum atomic E-state index is -3.62. The van der Waals surface area contributed by atoms with Crippen LogP contribution in [-0.2, 0) is 10.0 Å². The van der Waals surface area contributed by atoms with Crippen LogP contribution in [0.25, 0.3) is 0 Å². The SMILES string of the molecule is C[C@H]1CN(S(=O)(=O)c2cc(Br)cc(C(N)=O)c2)CCN1. The molecule has 2 rings (SSSR count). The van der Waals surface area contributed by atoms with Crippen LogP contribution in [0.5, 0.6) is 0 Å². The molecule has 1 fully saturated rings. The van der Waals surface area contributed by atoms with Gasteiger partial charge in [-0.2, -0.15) is 4.31 Å². The fourth-order valence-corrected chi connectivity index (χ4v) is 4.36. The van der Waals surface area contributed by atoms with Crippen LogP contribution >= 0.6 is 15.9 Å². The largest absolute Gasteiger partial charge is 0.366 e. The van der Waals surface area contributed by atoms with Crippen molar-refractivity contribution in [3.63, 3.8) is 0 Å². The highest BCUT2D eigenvalue weighted by Gasteiger charge is 2.29. The summed E-state index contributed by atoms with van der Waals surface area (Å²) < 4.78 is 27.1. The monoisotopic (exact) mass is 361 g/mol. The fourth-order valence-electron chi connectivity index (χ4n) is 2.12. The van der Waals surface area contributed by atoms with Crippen molar-refractivity contribution in [2.45, 2.75) is 17.9 Å². The van der Waals surface area contributed by atoms with Gasteiger partial charge in [0.1, 0.15) is 0 Å². The van der Waals surface area contributed by atoms with E-state index in [0.717, 1.165) is 0 Å². The minimum Gasteiger partial charge on any atom is -0.366 e. The Morgan fingerprint density at radius 1 is 1.45 bits per heavy atom. The first-order valence-electron chi connectivity index (χ1n) is 6.14. The summed E-state index contributed by atoms with van der Waals surface area (Å²) in [6.07, 6.45) is 0. The van der Waals surface area contributed by atoms with E-state index in [1.165, 1.54) is 22.5 Å². The summed E-state index contributed by atoms with van der Waals surface area (Å²) in [5, 5.41) is 3.19. The summed E-state index contributed by atoms with van der Waals surface area (Å²) in [5.74, 6) is -0.656. The number of piperazine rings is 1. The molecule has 0 radical (unpaired) electrons. The van der Waals surface area contributed by atoms with Crippen LogP contribution in [0.2, 0.25) is 0 Å². The molecular weight excluding hydrogens is 346 g/mol. The molecular formula is C12H16BrN3O3S. The van der Waals surface area contributed by atoms with Gasteiger partial charge in [0.2, 0.25) is 15.9 Å². The Kier molecular flexibility index (Phi) is 4.48. The normalized spacial score (nSPS) is 20.8. The molecule has 1 atom stereocenters. The number of carbonyl (C=O) groups is 1. The predicted molar refractivity (Wildman–Crippen MR) is 78.9 cm³/mol. The van der Waals surface area contributed by atoms with E-state index in [1.807, 2.05) is 6.92 Å². The van der Waals surface area contributed by atoms with E-state index in [0.29, 0.717) is 24.1 Å². The molecule has 0 aliphatic carbocycles. The van der Waals surface area contributed by atoms with Gasteiger partial charge >= 0.3 is 0 Å². The number of nitrogens with zero attached hydrogens (tertiary/aromatic N) is 1. The molecule has 0 aromatic heterocycles. The molecule has 20 heavy (non-hydrogen) atoms. The van der Waals surface area contributed by atoms with Crippen molar-refractivity contribution >= 4 is 31.9 Å². The molecule has 1 saturated heterocycles. The second-order valence-corrected chi connectivity index (χ2v) is 7.61. The van der Waals surface area contributed by atoms with E-state index in [4.69, 9.17) is 5.73 Å². The fraction of sp³-hybridized carbons (Fsp3) is 0.417. The number of hydrogen-bond donors (Lipinski definition) is 2. The molecule has 8 heteroatoms. The highest BCUT2D eigenvalue weighted by molar-refractivity contribution is 9.10. The molecule has 1 amide bonds. The zero-order valence-corrected chi connectivity index (χ0v) is 13.4. The lowest BCUT2D eigenvalue weighted by molar-refractivity contribution is 0.1000. The Balaban J connectivity index is 2.41. The van der Waals surface area contributed by atoms with Gasteiger partial charge in [-0.05, 0) is 25.1 Å². The van der Waals surface area contributed by atoms with Gasteiger partial charge < -0.3 is 11.1 Å². The van der Waals surface area contributed by atoms with Crippen LogP contribution in [0, 0.1) is 0 Å². The van der Waals surface area contributed by atoms with Gasteiger partial charge in [-0.15, -0.1) is 0 Å². The van der Waals surface area contributed by atoms with Gasteiger partial charge in [0.05, 0.1) is 4.90 Å². The second kappa shape index (κ2) is 5.80. The number of nitrogens with two attached hydrogens (primary N) is 1. The average Bonchev–Trinajstić information content (AvgIpc) is 2.38. The average molecular weight is 362 g/mol. The Morgan fingerprint density at radius 2 is 2.15 bits per heavy atom. The Bertz CT molecular complexity index is 633. The third-order valence-electron chi connectivity index (χ3n) is 3.13. The molecule has 0 spiro atoms. The molecule has 3 N–H and O–H groups in total. The highest BCUT2D eigenvalue weighted by Crippen LogP contribution is 2.23. The lowest BCUT2D eigenvalue weighted by Gasteiger charge is -2.31. The summed E-state index contributed by atoms with van der Waals surface area (Å²) in [4.78, 5) is 11.3. The smallest absolute Gasteiger partial charge is 0.248 e. The standard InChI is InChI=1S/C12H16BrN3O3S/c1-8-7-16(3-2-15-8)20(18,19)11-5-9(12(14)17)4-10(13)6-11/h4-6,8,15H,2-3,7H2,1H3,(H2,14,17)/t8-/m0/s1.